The largest absolute Gasteiger partial charge is 0.269 e. The van der Waals surface area contributed by atoms with Gasteiger partial charge in [0.1, 0.15) is 5.41 Å². The summed E-state index contributed by atoms with van der Waals surface area (Å²) in [7, 11) is 0. The minimum absolute atomic E-state index is 0.00199. The molecular formula is C17H11N3O4. The van der Waals surface area contributed by atoms with Crippen LogP contribution in [0.15, 0.2) is 36.4 Å². The van der Waals surface area contributed by atoms with Crippen molar-refractivity contribution in [2.24, 2.45) is 0 Å². The third-order valence-electron chi connectivity index (χ3n) is 5.16. The summed E-state index contributed by atoms with van der Waals surface area (Å²) in [6, 6.07) is 11.5. The fourth-order valence-electron chi connectivity index (χ4n) is 4.10. The van der Waals surface area contributed by atoms with Crippen LogP contribution in [0, 0.1) is 31.6 Å². The molecule has 3 aliphatic rings. The summed E-state index contributed by atoms with van der Waals surface area (Å²) in [6.07, 6.45) is 1.26. The Labute approximate surface area is 136 Å². The number of nitrogens with zero attached hydrogens (tertiary/aromatic N) is 3. The second kappa shape index (κ2) is 4.61. The van der Waals surface area contributed by atoms with Crippen molar-refractivity contribution in [3.63, 3.8) is 0 Å². The van der Waals surface area contributed by atoms with Gasteiger partial charge in [-0.1, -0.05) is 6.07 Å². The first kappa shape index (κ1) is 14.3. The van der Waals surface area contributed by atoms with Crippen LogP contribution in [0.5, 0.6) is 0 Å². The zero-order valence-electron chi connectivity index (χ0n) is 12.4. The molecule has 7 heteroatoms. The summed E-state index contributed by atoms with van der Waals surface area (Å²) in [4.78, 5) is 21.3. The summed E-state index contributed by atoms with van der Waals surface area (Å²) < 4.78 is 0. The molecule has 0 aromatic heterocycles. The molecule has 5 rings (SSSR count). The van der Waals surface area contributed by atoms with Gasteiger partial charge in [0.05, 0.1) is 15.9 Å². The number of non-ortho nitro benzene ring substituents is 2. The van der Waals surface area contributed by atoms with Crippen molar-refractivity contribution in [2.45, 2.75) is 24.2 Å². The fraction of sp³-hybridized carbons (Fsp3) is 0.235. The van der Waals surface area contributed by atoms with Crippen LogP contribution in [-0.2, 0) is 5.41 Å². The van der Waals surface area contributed by atoms with Crippen LogP contribution in [-0.4, -0.2) is 9.85 Å². The summed E-state index contributed by atoms with van der Waals surface area (Å²) in [5, 5.41) is 32.1. The van der Waals surface area contributed by atoms with Gasteiger partial charge in [-0.2, -0.15) is 5.26 Å². The van der Waals surface area contributed by atoms with Gasteiger partial charge in [-0.3, -0.25) is 20.2 Å². The van der Waals surface area contributed by atoms with Crippen LogP contribution in [0.2, 0.25) is 0 Å². The normalized spacial score (nSPS) is 23.0. The molecule has 2 atom stereocenters. The SMILES string of the molecule is N#CC12CCC(c3cc([N+](=O)[O-])ccc31)c1ccc([N+](=O)[O-])cc12. The molecule has 2 aromatic carbocycles. The van der Waals surface area contributed by atoms with E-state index in [0.29, 0.717) is 18.4 Å². The molecule has 0 saturated heterocycles. The van der Waals surface area contributed by atoms with E-state index >= 15 is 0 Å². The van der Waals surface area contributed by atoms with Crippen molar-refractivity contribution in [1.29, 1.82) is 5.26 Å². The van der Waals surface area contributed by atoms with Gasteiger partial charge in [0.15, 0.2) is 0 Å². The Bertz CT molecular complexity index is 963. The first-order valence-corrected chi connectivity index (χ1v) is 7.47. The van der Waals surface area contributed by atoms with Gasteiger partial charge in [0.2, 0.25) is 0 Å². The number of hydrogen-bond acceptors (Lipinski definition) is 5. The standard InChI is InChI=1S/C17H11N3O4/c18-9-17-6-5-12(13-3-1-11(20(23)24)8-16(13)17)14-7-10(19(21)22)2-4-15(14)17/h1-4,7-8,12H,5-6H2. The summed E-state index contributed by atoms with van der Waals surface area (Å²) in [6.45, 7) is 0. The molecule has 118 valence electrons. The van der Waals surface area contributed by atoms with E-state index in [9.17, 15) is 25.5 Å². The molecule has 3 aliphatic carbocycles. The van der Waals surface area contributed by atoms with E-state index in [2.05, 4.69) is 6.07 Å². The van der Waals surface area contributed by atoms with Crippen LogP contribution in [0.25, 0.3) is 0 Å². The lowest BCUT2D eigenvalue weighted by Gasteiger charge is -2.45. The molecule has 2 bridgehead atoms. The predicted octanol–water partition coefficient (Wildman–Crippen LogP) is 3.55. The van der Waals surface area contributed by atoms with Gasteiger partial charge >= 0.3 is 0 Å². The molecule has 0 N–H and O–H groups in total. The average molecular weight is 321 g/mol. The van der Waals surface area contributed by atoms with E-state index < -0.39 is 15.3 Å². The summed E-state index contributed by atoms with van der Waals surface area (Å²) >= 11 is 0. The van der Waals surface area contributed by atoms with Gasteiger partial charge in [0, 0.05) is 30.2 Å². The van der Waals surface area contributed by atoms with Crippen molar-refractivity contribution >= 4 is 11.4 Å². The molecule has 0 amide bonds. The quantitative estimate of drug-likeness (QED) is 0.620. The lowest BCUT2D eigenvalue weighted by atomic mass is 9.56. The molecule has 0 heterocycles. The minimum atomic E-state index is -0.972. The van der Waals surface area contributed by atoms with E-state index in [4.69, 9.17) is 0 Å². The monoisotopic (exact) mass is 321 g/mol. The van der Waals surface area contributed by atoms with Crippen molar-refractivity contribution < 1.29 is 9.85 Å². The molecule has 0 saturated carbocycles. The minimum Gasteiger partial charge on any atom is -0.258 e. The topological polar surface area (TPSA) is 110 Å². The number of fused-ring (bicyclic) bond motifs is 1. The molecule has 0 radical (unpaired) electrons. The molecule has 2 unspecified atom stereocenters. The van der Waals surface area contributed by atoms with Crippen LogP contribution >= 0.6 is 0 Å². The summed E-state index contributed by atoms with van der Waals surface area (Å²) in [5.74, 6) is -0.0640. The number of rotatable bonds is 2. The molecule has 0 spiro atoms. The van der Waals surface area contributed by atoms with Crippen molar-refractivity contribution in [3.05, 3.63) is 78.9 Å². The summed E-state index contributed by atoms with van der Waals surface area (Å²) in [5.41, 5.74) is 2.04. The number of hydrogen-bond donors (Lipinski definition) is 0. The molecule has 2 aromatic rings. The Morgan fingerprint density at radius 1 is 1.00 bits per heavy atom. The highest BCUT2D eigenvalue weighted by Crippen LogP contribution is 2.57. The van der Waals surface area contributed by atoms with Gasteiger partial charge in [-0.25, -0.2) is 0 Å². The van der Waals surface area contributed by atoms with Crippen LogP contribution in [0.1, 0.15) is 41.0 Å². The fourth-order valence-corrected chi connectivity index (χ4v) is 4.10. The Morgan fingerprint density at radius 3 is 2.33 bits per heavy atom. The molecule has 0 aliphatic heterocycles. The number of benzene rings is 2. The Morgan fingerprint density at radius 2 is 1.67 bits per heavy atom. The third kappa shape index (κ3) is 1.65. The maximum Gasteiger partial charge on any atom is 0.269 e. The highest BCUT2D eigenvalue weighted by Gasteiger charge is 2.49. The van der Waals surface area contributed by atoms with Crippen LogP contribution in [0.4, 0.5) is 11.4 Å². The predicted molar refractivity (Wildman–Crippen MR) is 83.7 cm³/mol. The maximum absolute atomic E-state index is 11.1. The van der Waals surface area contributed by atoms with Crippen LogP contribution < -0.4 is 0 Å². The zero-order valence-corrected chi connectivity index (χ0v) is 12.4. The Balaban J connectivity index is 2.01. The van der Waals surface area contributed by atoms with Gasteiger partial charge in [0.25, 0.3) is 11.4 Å². The van der Waals surface area contributed by atoms with Crippen molar-refractivity contribution in [1.82, 2.24) is 0 Å². The lowest BCUT2D eigenvalue weighted by molar-refractivity contribution is -0.385. The molecule has 7 nitrogen and oxygen atoms in total. The molecule has 24 heavy (non-hydrogen) atoms. The lowest BCUT2D eigenvalue weighted by Crippen LogP contribution is -2.39. The van der Waals surface area contributed by atoms with Gasteiger partial charge in [-0.05, 0) is 41.2 Å². The van der Waals surface area contributed by atoms with Gasteiger partial charge in [-0.15, -0.1) is 0 Å². The number of nitriles is 1. The van der Waals surface area contributed by atoms with Crippen molar-refractivity contribution in [2.75, 3.05) is 0 Å². The Hall–Kier alpha value is -3.27. The first-order chi connectivity index (χ1) is 11.5. The first-order valence-electron chi connectivity index (χ1n) is 7.47. The van der Waals surface area contributed by atoms with E-state index in [1.165, 1.54) is 24.3 Å². The smallest absolute Gasteiger partial charge is 0.258 e. The average Bonchev–Trinajstić information content (AvgIpc) is 2.61. The van der Waals surface area contributed by atoms with Crippen molar-refractivity contribution in [3.8, 4) is 6.07 Å². The second-order valence-corrected chi connectivity index (χ2v) is 6.17. The molecule has 0 fully saturated rings. The second-order valence-electron chi connectivity index (χ2n) is 6.17. The number of nitro groups is 2. The van der Waals surface area contributed by atoms with Crippen LogP contribution in [0.3, 0.4) is 0 Å². The molecular weight excluding hydrogens is 310 g/mol. The van der Waals surface area contributed by atoms with E-state index in [0.717, 1.165) is 16.7 Å². The number of nitro benzene ring substituents is 2. The maximum atomic E-state index is 11.1. The van der Waals surface area contributed by atoms with E-state index in [-0.39, 0.29) is 17.3 Å². The van der Waals surface area contributed by atoms with E-state index in [1.807, 2.05) is 0 Å². The van der Waals surface area contributed by atoms with Gasteiger partial charge < -0.3 is 0 Å². The Kier molecular flexibility index (Phi) is 2.76. The third-order valence-corrected chi connectivity index (χ3v) is 5.16. The zero-order chi connectivity index (χ0) is 17.1. The highest BCUT2D eigenvalue weighted by atomic mass is 16.6. The van der Waals surface area contributed by atoms with E-state index in [1.54, 1.807) is 12.1 Å². The highest BCUT2D eigenvalue weighted by molar-refractivity contribution is 5.65.